The Morgan fingerprint density at radius 1 is 1.13 bits per heavy atom. The predicted octanol–water partition coefficient (Wildman–Crippen LogP) is 2.05. The van der Waals surface area contributed by atoms with Crippen LogP contribution in [0, 0.1) is 0 Å². The maximum Gasteiger partial charge on any atom is 0.252 e. The van der Waals surface area contributed by atoms with Gasteiger partial charge in [0.1, 0.15) is 6.04 Å². The van der Waals surface area contributed by atoms with Crippen LogP contribution >= 0.6 is 0 Å². The van der Waals surface area contributed by atoms with Crippen LogP contribution in [0.2, 0.25) is 0 Å². The van der Waals surface area contributed by atoms with Gasteiger partial charge in [0.25, 0.3) is 5.91 Å². The average Bonchev–Trinajstić information content (AvgIpc) is 2.55. The van der Waals surface area contributed by atoms with Crippen LogP contribution in [-0.2, 0) is 11.2 Å². The van der Waals surface area contributed by atoms with Crippen molar-refractivity contribution in [1.29, 1.82) is 0 Å². The quantitative estimate of drug-likeness (QED) is 0.912. The summed E-state index contributed by atoms with van der Waals surface area (Å²) in [7, 11) is 3.92. The summed E-state index contributed by atoms with van der Waals surface area (Å²) in [4.78, 5) is 26.5. The van der Waals surface area contributed by atoms with Gasteiger partial charge in [-0.05, 0) is 35.9 Å². The van der Waals surface area contributed by atoms with Crippen LogP contribution in [0.25, 0.3) is 0 Å². The molecule has 0 saturated heterocycles. The molecule has 1 atom stereocenters. The Hall–Kier alpha value is -2.82. The summed E-state index contributed by atoms with van der Waals surface area (Å²) < 4.78 is 0. The Morgan fingerprint density at radius 2 is 1.83 bits per heavy atom. The van der Waals surface area contributed by atoms with Gasteiger partial charge in [-0.2, -0.15) is 0 Å². The second kappa shape index (κ2) is 6.12. The molecule has 2 aromatic rings. The molecule has 0 spiro atoms. The molecule has 0 aromatic heterocycles. The Bertz CT molecular complexity index is 738. The van der Waals surface area contributed by atoms with Crippen LogP contribution in [0.4, 0.5) is 11.4 Å². The maximum absolute atomic E-state index is 12.4. The highest BCUT2D eigenvalue weighted by Gasteiger charge is 2.28. The second-order valence-corrected chi connectivity index (χ2v) is 5.82. The van der Waals surface area contributed by atoms with Crippen molar-refractivity contribution in [2.24, 2.45) is 0 Å². The van der Waals surface area contributed by atoms with Crippen LogP contribution in [0.1, 0.15) is 15.9 Å². The second-order valence-electron chi connectivity index (χ2n) is 5.82. The summed E-state index contributed by atoms with van der Waals surface area (Å²) in [6, 6.07) is 14.4. The third-order valence-electron chi connectivity index (χ3n) is 3.96. The van der Waals surface area contributed by atoms with Gasteiger partial charge < -0.3 is 15.5 Å². The molecule has 5 nitrogen and oxygen atoms in total. The van der Waals surface area contributed by atoms with Crippen LogP contribution in [-0.4, -0.2) is 32.0 Å². The van der Waals surface area contributed by atoms with Gasteiger partial charge in [-0.3, -0.25) is 9.59 Å². The fourth-order valence-electron chi connectivity index (χ4n) is 2.66. The number of benzene rings is 2. The minimum absolute atomic E-state index is 0.199. The van der Waals surface area contributed by atoms with E-state index in [9.17, 15) is 9.59 Å². The number of amides is 2. The van der Waals surface area contributed by atoms with E-state index in [2.05, 4.69) is 10.6 Å². The summed E-state index contributed by atoms with van der Waals surface area (Å²) in [5.41, 5.74) is 3.32. The fourth-order valence-corrected chi connectivity index (χ4v) is 2.66. The van der Waals surface area contributed by atoms with E-state index in [1.54, 1.807) is 6.07 Å². The normalized spacial score (nSPS) is 16.3. The van der Waals surface area contributed by atoms with Crippen molar-refractivity contribution < 1.29 is 9.59 Å². The third kappa shape index (κ3) is 3.18. The number of hydrogen-bond donors (Lipinski definition) is 2. The first-order chi connectivity index (χ1) is 11.0. The van der Waals surface area contributed by atoms with E-state index >= 15 is 0 Å². The Morgan fingerprint density at radius 3 is 2.52 bits per heavy atom. The van der Waals surface area contributed by atoms with E-state index in [0.717, 1.165) is 11.3 Å². The first-order valence-corrected chi connectivity index (χ1v) is 7.51. The third-order valence-corrected chi connectivity index (χ3v) is 3.96. The van der Waals surface area contributed by atoms with E-state index in [-0.39, 0.29) is 11.8 Å². The van der Waals surface area contributed by atoms with Gasteiger partial charge in [0.05, 0.1) is 0 Å². The van der Waals surface area contributed by atoms with Crippen molar-refractivity contribution in [1.82, 2.24) is 5.32 Å². The van der Waals surface area contributed by atoms with Gasteiger partial charge in [0.15, 0.2) is 0 Å². The van der Waals surface area contributed by atoms with E-state index in [1.165, 1.54) is 0 Å². The largest absolute Gasteiger partial charge is 0.378 e. The highest BCUT2D eigenvalue weighted by molar-refractivity contribution is 6.03. The highest BCUT2D eigenvalue weighted by Crippen LogP contribution is 2.19. The lowest BCUT2D eigenvalue weighted by molar-refractivity contribution is -0.118. The van der Waals surface area contributed by atoms with Gasteiger partial charge >= 0.3 is 0 Å². The van der Waals surface area contributed by atoms with E-state index < -0.39 is 6.04 Å². The molecule has 1 aliphatic rings. The predicted molar refractivity (Wildman–Crippen MR) is 90.8 cm³/mol. The molecule has 0 saturated carbocycles. The molecule has 1 unspecified atom stereocenters. The zero-order valence-corrected chi connectivity index (χ0v) is 13.2. The molecule has 23 heavy (non-hydrogen) atoms. The van der Waals surface area contributed by atoms with Crippen molar-refractivity contribution in [2.45, 2.75) is 12.5 Å². The van der Waals surface area contributed by atoms with Gasteiger partial charge in [-0.25, -0.2) is 0 Å². The van der Waals surface area contributed by atoms with Gasteiger partial charge in [0.2, 0.25) is 5.91 Å². The number of anilines is 2. The average molecular weight is 309 g/mol. The first-order valence-electron chi connectivity index (χ1n) is 7.51. The molecule has 2 amide bonds. The zero-order chi connectivity index (χ0) is 16.4. The molecule has 5 heteroatoms. The molecule has 0 radical (unpaired) electrons. The minimum atomic E-state index is -0.550. The number of rotatable bonds is 3. The van der Waals surface area contributed by atoms with Crippen molar-refractivity contribution in [2.75, 3.05) is 24.3 Å². The molecule has 0 bridgehead atoms. The Kier molecular flexibility index (Phi) is 4.02. The zero-order valence-electron chi connectivity index (χ0n) is 13.2. The maximum atomic E-state index is 12.4. The topological polar surface area (TPSA) is 61.4 Å². The first kappa shape index (κ1) is 15.1. The number of hydrogen-bond acceptors (Lipinski definition) is 3. The molecule has 2 N–H and O–H groups in total. The van der Waals surface area contributed by atoms with E-state index in [4.69, 9.17) is 0 Å². The van der Waals surface area contributed by atoms with Crippen molar-refractivity contribution in [3.63, 3.8) is 0 Å². The fraction of sp³-hybridized carbons (Fsp3) is 0.222. The molecule has 3 rings (SSSR count). The standard InChI is InChI=1S/C18H19N3O2/c1-21(2)14-9-7-13(8-10-14)19-18(23)16-11-12-5-3-4-6-15(12)17(22)20-16/h3-10,16H,11H2,1-2H3,(H,19,23)(H,20,22). The molecule has 0 fully saturated rings. The molecule has 1 heterocycles. The minimum Gasteiger partial charge on any atom is -0.378 e. The summed E-state index contributed by atoms with van der Waals surface area (Å²) in [5.74, 6) is -0.402. The van der Waals surface area contributed by atoms with Crippen LogP contribution in [0.5, 0.6) is 0 Å². The number of fused-ring (bicyclic) bond motifs is 1. The molecule has 2 aromatic carbocycles. The molecular formula is C18H19N3O2. The smallest absolute Gasteiger partial charge is 0.252 e. The van der Waals surface area contributed by atoms with Crippen LogP contribution in [0.15, 0.2) is 48.5 Å². The summed E-state index contributed by atoms with van der Waals surface area (Å²) in [6.45, 7) is 0. The van der Waals surface area contributed by atoms with Gasteiger partial charge in [0, 0.05) is 37.5 Å². The Balaban J connectivity index is 1.71. The number of nitrogens with one attached hydrogen (secondary N) is 2. The van der Waals surface area contributed by atoms with Crippen LogP contribution in [0.3, 0.4) is 0 Å². The molecule has 0 aliphatic carbocycles. The van der Waals surface area contributed by atoms with E-state index in [0.29, 0.717) is 17.7 Å². The highest BCUT2D eigenvalue weighted by atomic mass is 16.2. The lowest BCUT2D eigenvalue weighted by Crippen LogP contribution is -2.48. The SMILES string of the molecule is CN(C)c1ccc(NC(=O)C2Cc3ccccc3C(=O)N2)cc1. The molecule has 1 aliphatic heterocycles. The van der Waals surface area contributed by atoms with Gasteiger partial charge in [-0.1, -0.05) is 18.2 Å². The van der Waals surface area contributed by atoms with Crippen molar-refractivity contribution in [3.05, 3.63) is 59.7 Å². The number of carbonyl (C=O) groups excluding carboxylic acids is 2. The number of nitrogens with zero attached hydrogens (tertiary/aromatic N) is 1. The lowest BCUT2D eigenvalue weighted by Gasteiger charge is -2.24. The summed E-state index contributed by atoms with van der Waals surface area (Å²) in [6.07, 6.45) is 0.504. The van der Waals surface area contributed by atoms with Crippen molar-refractivity contribution in [3.8, 4) is 0 Å². The summed E-state index contributed by atoms with van der Waals surface area (Å²) in [5, 5.41) is 5.62. The summed E-state index contributed by atoms with van der Waals surface area (Å²) >= 11 is 0. The van der Waals surface area contributed by atoms with Gasteiger partial charge in [-0.15, -0.1) is 0 Å². The van der Waals surface area contributed by atoms with Crippen LogP contribution < -0.4 is 15.5 Å². The monoisotopic (exact) mass is 309 g/mol. The molecular weight excluding hydrogens is 290 g/mol. The lowest BCUT2D eigenvalue weighted by atomic mass is 9.95. The van der Waals surface area contributed by atoms with Crippen molar-refractivity contribution >= 4 is 23.2 Å². The number of carbonyl (C=O) groups is 2. The Labute approximate surface area is 135 Å². The van der Waals surface area contributed by atoms with E-state index in [1.807, 2.05) is 61.5 Å². The molecule has 118 valence electrons.